The Hall–Kier alpha value is -3.52. The molecule has 0 aliphatic carbocycles. The third-order valence-electron chi connectivity index (χ3n) is 6.02. The van der Waals surface area contributed by atoms with Crippen molar-refractivity contribution in [3.63, 3.8) is 0 Å². The average Bonchev–Trinajstić information content (AvgIpc) is 3.80. The van der Waals surface area contributed by atoms with Crippen LogP contribution >= 0.6 is 0 Å². The molecule has 2 aliphatic heterocycles. The Morgan fingerprint density at radius 2 is 1.45 bits per heavy atom. The van der Waals surface area contributed by atoms with Crippen molar-refractivity contribution in [1.29, 1.82) is 0 Å². The molecular formula is C28H28BMoN6O4-. The first kappa shape index (κ1) is 32.7. The first-order chi connectivity index (χ1) is 19.2. The fourth-order valence-corrected chi connectivity index (χ4v) is 4.45. The van der Waals surface area contributed by atoms with Gasteiger partial charge < -0.3 is 23.3 Å². The first-order valence-corrected chi connectivity index (χ1v) is 12.2. The molecule has 6 rings (SSSR count). The molecule has 0 unspecified atom stereocenters. The molecule has 40 heavy (non-hydrogen) atoms. The van der Waals surface area contributed by atoms with E-state index in [0.717, 1.165) is 12.0 Å². The van der Waals surface area contributed by atoms with Gasteiger partial charge in [0.25, 0.3) is 7.12 Å². The van der Waals surface area contributed by atoms with Crippen LogP contribution in [0.3, 0.4) is 0 Å². The SMILES string of the molecule is C=C1C[C@@H]2O[C@@H]([CH]C=C2c2ccccc2)[C@H]1OCC.[C-]#[O+].[C-]#[O+].[Mo].c1cnn([B-](n2cccn2)n2cccn2)c1. The Morgan fingerprint density at radius 1 is 0.925 bits per heavy atom. The van der Waals surface area contributed by atoms with E-state index in [2.05, 4.69) is 71.9 Å². The van der Waals surface area contributed by atoms with Gasteiger partial charge in [-0.15, -0.1) is 0 Å². The van der Waals surface area contributed by atoms with E-state index in [1.54, 1.807) is 32.4 Å². The molecule has 3 aromatic heterocycles. The van der Waals surface area contributed by atoms with E-state index in [0.29, 0.717) is 6.61 Å². The van der Waals surface area contributed by atoms with Gasteiger partial charge >= 0.3 is 22.6 Å². The second-order valence-electron chi connectivity index (χ2n) is 8.31. The zero-order valence-electron chi connectivity index (χ0n) is 21.9. The molecule has 0 N–H and O–H groups in total. The quantitative estimate of drug-likeness (QED) is 0.142. The fraction of sp³-hybridized carbons (Fsp3) is 0.214. The number of rotatable bonds is 6. The second kappa shape index (κ2) is 17.2. The Balaban J connectivity index is 0.000000246. The van der Waals surface area contributed by atoms with Gasteiger partial charge in [-0.05, 0) is 60.4 Å². The van der Waals surface area contributed by atoms with Crippen LogP contribution in [0.5, 0.6) is 0 Å². The van der Waals surface area contributed by atoms with Crippen LogP contribution < -0.4 is 0 Å². The minimum Gasteiger partial charge on any atom is -0.425 e. The van der Waals surface area contributed by atoms with Crippen molar-refractivity contribution in [2.24, 2.45) is 0 Å². The van der Waals surface area contributed by atoms with Gasteiger partial charge in [0.2, 0.25) is 0 Å². The molecule has 2 aliphatic rings. The van der Waals surface area contributed by atoms with E-state index in [9.17, 15) is 0 Å². The average molecular weight is 619 g/mol. The van der Waals surface area contributed by atoms with Crippen molar-refractivity contribution in [3.05, 3.63) is 129 Å². The van der Waals surface area contributed by atoms with Crippen LogP contribution in [0.2, 0.25) is 0 Å². The molecule has 5 heterocycles. The van der Waals surface area contributed by atoms with Crippen LogP contribution in [0.1, 0.15) is 18.9 Å². The predicted octanol–water partition coefficient (Wildman–Crippen LogP) is 3.53. The summed E-state index contributed by atoms with van der Waals surface area (Å²) in [5, 5.41) is 12.7. The molecule has 12 heteroatoms. The van der Waals surface area contributed by atoms with Crippen molar-refractivity contribution < 1.29 is 39.8 Å². The van der Waals surface area contributed by atoms with Crippen LogP contribution in [-0.2, 0) is 39.8 Å². The maximum Gasteiger partial charge on any atom is 0.260 e. The smallest absolute Gasteiger partial charge is 0.260 e. The van der Waals surface area contributed by atoms with Gasteiger partial charge in [0.1, 0.15) is 6.10 Å². The van der Waals surface area contributed by atoms with Gasteiger partial charge in [0, 0.05) is 59.1 Å². The summed E-state index contributed by atoms with van der Waals surface area (Å²) >= 11 is 0. The van der Waals surface area contributed by atoms with Crippen molar-refractivity contribution in [1.82, 2.24) is 29.1 Å². The third-order valence-corrected chi connectivity index (χ3v) is 6.02. The molecule has 204 valence electrons. The van der Waals surface area contributed by atoms with E-state index in [1.165, 1.54) is 11.1 Å². The summed E-state index contributed by atoms with van der Waals surface area (Å²) in [7, 11) is -0.194. The Bertz CT molecular complexity index is 1240. The molecule has 4 aromatic rings. The van der Waals surface area contributed by atoms with Gasteiger partial charge in [-0.2, -0.15) is 0 Å². The van der Waals surface area contributed by atoms with Crippen molar-refractivity contribution >= 4 is 12.7 Å². The fourth-order valence-electron chi connectivity index (χ4n) is 4.45. The number of hydrogen-bond acceptors (Lipinski definition) is 5. The molecule has 0 saturated carbocycles. The standard InChI is InChI=1S/C17H19O2.C9H9BN6.2CO.Mo/c1-3-18-17-12(2)11-16-14(9-10-15(17)19-16)13-7-5-4-6-8-13;1-4-11-14(7-1)10(15-8-2-5-12-15)16-9-3-6-13-16;2*1-2;/h4-10,15-17H,2-3,11H2,1H3;1-9H;;;/q;-1;;;/t15-,16-,17-;;;;/m0..../s1. The summed E-state index contributed by atoms with van der Waals surface area (Å²) in [6, 6.07) is 16.0. The Morgan fingerprint density at radius 3 is 1.90 bits per heavy atom. The van der Waals surface area contributed by atoms with Crippen LogP contribution in [0.25, 0.3) is 5.57 Å². The van der Waals surface area contributed by atoms with Crippen LogP contribution in [-0.4, -0.2) is 61.1 Å². The second-order valence-corrected chi connectivity index (χ2v) is 8.31. The number of aromatic nitrogens is 6. The van der Waals surface area contributed by atoms with Gasteiger partial charge in [0.15, 0.2) is 0 Å². The van der Waals surface area contributed by atoms with Gasteiger partial charge in [0.05, 0.1) is 12.2 Å². The third kappa shape index (κ3) is 8.01. The molecular weight excluding hydrogens is 591 g/mol. The maximum atomic E-state index is 7.50. The van der Waals surface area contributed by atoms with Gasteiger partial charge in [-0.1, -0.05) is 43.0 Å². The number of benzene rings is 1. The Kier molecular flexibility index (Phi) is 14.1. The molecule has 1 aromatic carbocycles. The van der Waals surface area contributed by atoms with E-state index in [-0.39, 0.29) is 46.5 Å². The monoisotopic (exact) mass is 621 g/mol. The van der Waals surface area contributed by atoms with Crippen LogP contribution in [0.15, 0.2) is 104 Å². The molecule has 0 spiro atoms. The molecule has 10 nitrogen and oxygen atoms in total. The van der Waals surface area contributed by atoms with E-state index >= 15 is 0 Å². The van der Waals surface area contributed by atoms with Gasteiger partial charge in [-0.3, -0.25) is 0 Å². The van der Waals surface area contributed by atoms with Crippen molar-refractivity contribution in [2.75, 3.05) is 6.61 Å². The number of ether oxygens (including phenoxy) is 2. The van der Waals surface area contributed by atoms with Crippen LogP contribution in [0.4, 0.5) is 0 Å². The molecule has 2 radical (unpaired) electrons. The number of fused-ring (bicyclic) bond motifs is 2. The molecule has 1 saturated heterocycles. The molecule has 1 fully saturated rings. The number of hydrogen-bond donors (Lipinski definition) is 0. The molecule has 0 amide bonds. The normalized spacial score (nSPS) is 18.8. The minimum atomic E-state index is -0.194. The Labute approximate surface area is 248 Å². The van der Waals surface area contributed by atoms with Crippen molar-refractivity contribution in [2.45, 2.75) is 31.7 Å². The summed E-state index contributed by atoms with van der Waals surface area (Å²) in [6.45, 7) is 15.9. The van der Waals surface area contributed by atoms with Gasteiger partial charge in [-0.25, -0.2) is 15.3 Å². The minimum absolute atomic E-state index is 0. The predicted molar refractivity (Wildman–Crippen MR) is 143 cm³/mol. The summed E-state index contributed by atoms with van der Waals surface area (Å²) in [5.74, 6) is 0. The van der Waals surface area contributed by atoms with Crippen LogP contribution in [0, 0.1) is 19.7 Å². The zero-order chi connectivity index (χ0) is 28.0. The van der Waals surface area contributed by atoms with E-state index in [1.807, 2.05) is 49.8 Å². The summed E-state index contributed by atoms with van der Waals surface area (Å²) < 4.78 is 32.2. The molecule has 3 atom stereocenters. The summed E-state index contributed by atoms with van der Waals surface area (Å²) in [6.07, 6.45) is 16.1. The summed E-state index contributed by atoms with van der Waals surface area (Å²) in [4.78, 5) is 0. The largest absolute Gasteiger partial charge is 0.425 e. The topological polar surface area (TPSA) is 112 Å². The first-order valence-electron chi connectivity index (χ1n) is 12.2. The maximum absolute atomic E-state index is 7.50. The van der Waals surface area contributed by atoms with Crippen molar-refractivity contribution in [3.8, 4) is 0 Å². The van der Waals surface area contributed by atoms with E-state index < -0.39 is 0 Å². The summed E-state index contributed by atoms with van der Waals surface area (Å²) in [5.41, 5.74) is 3.61. The zero-order valence-corrected chi connectivity index (χ0v) is 23.9. The number of nitrogens with zero attached hydrogens (tertiary/aromatic N) is 6. The van der Waals surface area contributed by atoms with E-state index in [4.69, 9.17) is 18.8 Å². The molecule has 2 bridgehead atoms.